The van der Waals surface area contributed by atoms with Crippen LogP contribution in [0.2, 0.25) is 0 Å². The maximum Gasteiger partial charge on any atom is 0.307 e. The van der Waals surface area contributed by atoms with Crippen LogP contribution in [0.4, 0.5) is 0 Å². The molecule has 0 aliphatic rings. The standard InChI is InChI=1S/C13H25NO4/c1-4-6-7-12(16)14(11(5-2)10-15)9-8-13(17)18-3/h11,15H,4-10H2,1-3H3. The van der Waals surface area contributed by atoms with Gasteiger partial charge >= 0.3 is 5.97 Å². The predicted molar refractivity (Wildman–Crippen MR) is 69.0 cm³/mol. The molecular formula is C13H25NO4. The molecule has 0 heterocycles. The Balaban J connectivity index is 4.49. The highest BCUT2D eigenvalue weighted by Gasteiger charge is 2.21. The molecule has 0 saturated carbocycles. The van der Waals surface area contributed by atoms with Gasteiger partial charge in [-0.25, -0.2) is 0 Å². The lowest BCUT2D eigenvalue weighted by Gasteiger charge is -2.29. The van der Waals surface area contributed by atoms with Gasteiger partial charge in [0.25, 0.3) is 0 Å². The van der Waals surface area contributed by atoms with Gasteiger partial charge in [-0.15, -0.1) is 0 Å². The lowest BCUT2D eigenvalue weighted by atomic mass is 10.1. The SMILES string of the molecule is CCCCC(=O)N(CCC(=O)OC)C(CC)CO. The molecule has 0 aromatic heterocycles. The second-order valence-electron chi connectivity index (χ2n) is 4.26. The van der Waals surface area contributed by atoms with Crippen molar-refractivity contribution in [2.75, 3.05) is 20.3 Å². The number of amides is 1. The predicted octanol–water partition coefficient (Wildman–Crippen LogP) is 1.34. The Morgan fingerprint density at radius 1 is 1.28 bits per heavy atom. The number of hydrogen-bond donors (Lipinski definition) is 1. The van der Waals surface area contributed by atoms with E-state index in [2.05, 4.69) is 4.74 Å². The third-order valence-corrected chi connectivity index (χ3v) is 2.97. The average Bonchev–Trinajstić information content (AvgIpc) is 2.40. The van der Waals surface area contributed by atoms with Crippen molar-refractivity contribution in [1.82, 2.24) is 4.90 Å². The van der Waals surface area contributed by atoms with Crippen molar-refractivity contribution in [3.05, 3.63) is 0 Å². The minimum Gasteiger partial charge on any atom is -0.469 e. The summed E-state index contributed by atoms with van der Waals surface area (Å²) in [7, 11) is 1.33. The van der Waals surface area contributed by atoms with Crippen molar-refractivity contribution >= 4 is 11.9 Å². The number of aliphatic hydroxyl groups excluding tert-OH is 1. The number of methoxy groups -OCH3 is 1. The van der Waals surface area contributed by atoms with Crippen LogP contribution in [0.5, 0.6) is 0 Å². The molecule has 0 aliphatic carbocycles. The van der Waals surface area contributed by atoms with Crippen molar-refractivity contribution in [2.24, 2.45) is 0 Å². The van der Waals surface area contributed by atoms with Gasteiger partial charge in [-0.3, -0.25) is 9.59 Å². The minimum atomic E-state index is -0.337. The smallest absolute Gasteiger partial charge is 0.307 e. The molecule has 1 atom stereocenters. The number of carbonyl (C=O) groups excluding carboxylic acids is 2. The van der Waals surface area contributed by atoms with Gasteiger partial charge in [0.2, 0.25) is 5.91 Å². The van der Waals surface area contributed by atoms with Crippen LogP contribution in [0.3, 0.4) is 0 Å². The van der Waals surface area contributed by atoms with Gasteiger partial charge in [0.1, 0.15) is 0 Å². The Morgan fingerprint density at radius 3 is 2.39 bits per heavy atom. The van der Waals surface area contributed by atoms with E-state index in [1.54, 1.807) is 4.90 Å². The number of hydrogen-bond acceptors (Lipinski definition) is 4. The quantitative estimate of drug-likeness (QED) is 0.634. The summed E-state index contributed by atoms with van der Waals surface area (Å²) in [4.78, 5) is 24.8. The number of unbranched alkanes of at least 4 members (excludes halogenated alkanes) is 1. The van der Waals surface area contributed by atoms with E-state index in [0.29, 0.717) is 19.4 Å². The number of rotatable bonds is 9. The third kappa shape index (κ3) is 6.00. The first-order valence-electron chi connectivity index (χ1n) is 6.57. The first-order chi connectivity index (χ1) is 8.60. The Hall–Kier alpha value is -1.10. The Bertz CT molecular complexity index is 251. The summed E-state index contributed by atoms with van der Waals surface area (Å²) in [6.07, 6.45) is 3.09. The van der Waals surface area contributed by atoms with E-state index in [4.69, 9.17) is 0 Å². The molecule has 5 nitrogen and oxygen atoms in total. The lowest BCUT2D eigenvalue weighted by Crippen LogP contribution is -2.43. The normalized spacial score (nSPS) is 12.0. The summed E-state index contributed by atoms with van der Waals surface area (Å²) in [6.45, 7) is 4.18. The van der Waals surface area contributed by atoms with Crippen LogP contribution in [-0.4, -0.2) is 48.2 Å². The molecule has 0 bridgehead atoms. The summed E-state index contributed by atoms with van der Waals surface area (Å²) in [6, 6.07) is -0.209. The fourth-order valence-electron chi connectivity index (χ4n) is 1.74. The molecule has 5 heteroatoms. The minimum absolute atomic E-state index is 0.00153. The zero-order valence-electron chi connectivity index (χ0n) is 11.6. The van der Waals surface area contributed by atoms with Gasteiger partial charge in [0.15, 0.2) is 0 Å². The Morgan fingerprint density at radius 2 is 1.94 bits per heavy atom. The van der Waals surface area contributed by atoms with Crippen LogP contribution in [0.15, 0.2) is 0 Å². The van der Waals surface area contributed by atoms with Gasteiger partial charge in [0.05, 0.1) is 26.2 Å². The molecule has 18 heavy (non-hydrogen) atoms. The van der Waals surface area contributed by atoms with Crippen LogP contribution in [-0.2, 0) is 14.3 Å². The average molecular weight is 259 g/mol. The lowest BCUT2D eigenvalue weighted by molar-refractivity contribution is -0.142. The van der Waals surface area contributed by atoms with Crippen LogP contribution in [0, 0.1) is 0 Å². The molecule has 0 radical (unpaired) electrons. The van der Waals surface area contributed by atoms with E-state index in [1.807, 2.05) is 13.8 Å². The zero-order chi connectivity index (χ0) is 14.0. The van der Waals surface area contributed by atoms with Crippen LogP contribution < -0.4 is 0 Å². The van der Waals surface area contributed by atoms with E-state index in [9.17, 15) is 14.7 Å². The molecule has 0 saturated heterocycles. The van der Waals surface area contributed by atoms with E-state index < -0.39 is 0 Å². The number of nitrogens with zero attached hydrogens (tertiary/aromatic N) is 1. The second-order valence-corrected chi connectivity index (χ2v) is 4.26. The summed E-state index contributed by atoms with van der Waals surface area (Å²) in [5.41, 5.74) is 0. The molecule has 0 aromatic carbocycles. The van der Waals surface area contributed by atoms with Crippen LogP contribution >= 0.6 is 0 Å². The molecule has 0 aromatic rings. The number of ether oxygens (including phenoxy) is 1. The summed E-state index contributed by atoms with van der Waals surface area (Å²) < 4.78 is 4.57. The van der Waals surface area contributed by atoms with Gasteiger partial charge in [0, 0.05) is 13.0 Å². The van der Waals surface area contributed by atoms with Crippen molar-refractivity contribution in [2.45, 2.75) is 52.0 Å². The van der Waals surface area contributed by atoms with Crippen LogP contribution in [0.1, 0.15) is 46.0 Å². The third-order valence-electron chi connectivity index (χ3n) is 2.97. The second kappa shape index (κ2) is 9.88. The first-order valence-corrected chi connectivity index (χ1v) is 6.57. The van der Waals surface area contributed by atoms with Crippen molar-refractivity contribution in [3.63, 3.8) is 0 Å². The Kier molecular flexibility index (Phi) is 9.28. The maximum atomic E-state index is 12.0. The molecule has 0 spiro atoms. The molecular weight excluding hydrogens is 234 g/mol. The molecule has 0 fully saturated rings. The van der Waals surface area contributed by atoms with E-state index in [-0.39, 0.29) is 30.9 Å². The van der Waals surface area contributed by atoms with Gasteiger partial charge in [-0.1, -0.05) is 20.3 Å². The van der Waals surface area contributed by atoms with Gasteiger partial charge < -0.3 is 14.7 Å². The molecule has 0 aliphatic heterocycles. The van der Waals surface area contributed by atoms with E-state index >= 15 is 0 Å². The molecule has 106 valence electrons. The molecule has 1 N–H and O–H groups in total. The Labute approximate surface area is 109 Å². The fraction of sp³-hybridized carbons (Fsp3) is 0.846. The number of esters is 1. The molecule has 0 rings (SSSR count). The van der Waals surface area contributed by atoms with Crippen molar-refractivity contribution < 1.29 is 19.4 Å². The fourth-order valence-corrected chi connectivity index (χ4v) is 1.74. The number of aliphatic hydroxyl groups is 1. The maximum absolute atomic E-state index is 12.0. The summed E-state index contributed by atoms with van der Waals surface area (Å²) in [5, 5.41) is 9.28. The monoisotopic (exact) mass is 259 g/mol. The van der Waals surface area contributed by atoms with Crippen LogP contribution in [0.25, 0.3) is 0 Å². The number of carbonyl (C=O) groups is 2. The topological polar surface area (TPSA) is 66.8 Å². The van der Waals surface area contributed by atoms with Gasteiger partial charge in [-0.2, -0.15) is 0 Å². The summed E-state index contributed by atoms with van der Waals surface area (Å²) in [5.74, 6) is -0.335. The van der Waals surface area contributed by atoms with Gasteiger partial charge in [-0.05, 0) is 12.8 Å². The van der Waals surface area contributed by atoms with E-state index in [0.717, 1.165) is 12.8 Å². The van der Waals surface area contributed by atoms with Crippen molar-refractivity contribution in [3.8, 4) is 0 Å². The highest BCUT2D eigenvalue weighted by atomic mass is 16.5. The first kappa shape index (κ1) is 16.9. The van der Waals surface area contributed by atoms with E-state index in [1.165, 1.54) is 7.11 Å². The summed E-state index contributed by atoms with van der Waals surface area (Å²) >= 11 is 0. The molecule has 1 unspecified atom stereocenters. The highest BCUT2D eigenvalue weighted by molar-refractivity contribution is 5.77. The van der Waals surface area contributed by atoms with Crippen molar-refractivity contribution in [1.29, 1.82) is 0 Å². The largest absolute Gasteiger partial charge is 0.469 e. The zero-order valence-corrected chi connectivity index (χ0v) is 11.6. The molecule has 1 amide bonds. The highest BCUT2D eigenvalue weighted by Crippen LogP contribution is 2.10.